The fraction of sp³-hybridized carbons (Fsp3) is 0.286. The van der Waals surface area contributed by atoms with E-state index in [0.717, 1.165) is 14.8 Å². The Hall–Kier alpha value is -0.0900. The molecule has 0 aliphatic rings. The van der Waals surface area contributed by atoms with Crippen LogP contribution in [0.15, 0.2) is 21.3 Å². The lowest BCUT2D eigenvalue weighted by molar-refractivity contribution is 0.334. The molecule has 0 aromatic carbocycles. The summed E-state index contributed by atoms with van der Waals surface area (Å²) in [5.74, 6) is 0.759. The number of ether oxygens (including phenoxy) is 1. The highest BCUT2D eigenvalue weighted by Gasteiger charge is 2.04. The molecule has 0 saturated carbocycles. The van der Waals surface area contributed by atoms with Gasteiger partial charge >= 0.3 is 0 Å². The SMILES string of the molecule is CCOc1c(Br)ccnc1Br. The second-order valence-corrected chi connectivity index (χ2v) is 3.45. The largest absolute Gasteiger partial charge is 0.490 e. The Bertz CT molecular complexity index is 232. The molecule has 2 nitrogen and oxygen atoms in total. The first-order valence-electron chi connectivity index (χ1n) is 3.18. The van der Waals surface area contributed by atoms with Crippen molar-refractivity contribution in [3.05, 3.63) is 21.3 Å². The summed E-state index contributed by atoms with van der Waals surface area (Å²) in [5, 5.41) is 0. The van der Waals surface area contributed by atoms with Crippen LogP contribution in [0.1, 0.15) is 6.92 Å². The quantitative estimate of drug-likeness (QED) is 0.777. The fourth-order valence-corrected chi connectivity index (χ4v) is 1.81. The Balaban J connectivity index is 3.00. The third kappa shape index (κ3) is 2.17. The average molecular weight is 281 g/mol. The van der Waals surface area contributed by atoms with Crippen LogP contribution in [-0.2, 0) is 0 Å². The van der Waals surface area contributed by atoms with Gasteiger partial charge in [-0.3, -0.25) is 0 Å². The highest BCUT2D eigenvalue weighted by molar-refractivity contribution is 9.11. The van der Waals surface area contributed by atoms with Gasteiger partial charge in [-0.15, -0.1) is 0 Å². The van der Waals surface area contributed by atoms with Crippen LogP contribution >= 0.6 is 31.9 Å². The molecule has 0 aliphatic heterocycles. The maximum Gasteiger partial charge on any atom is 0.166 e. The van der Waals surface area contributed by atoms with Gasteiger partial charge in [-0.2, -0.15) is 0 Å². The molecule has 1 aromatic rings. The Kier molecular flexibility index (Phi) is 3.33. The summed E-state index contributed by atoms with van der Waals surface area (Å²) in [6, 6.07) is 1.84. The van der Waals surface area contributed by atoms with E-state index >= 15 is 0 Å². The molecule has 1 rings (SSSR count). The monoisotopic (exact) mass is 279 g/mol. The smallest absolute Gasteiger partial charge is 0.166 e. The summed E-state index contributed by atoms with van der Waals surface area (Å²) in [6.45, 7) is 2.58. The lowest BCUT2D eigenvalue weighted by Crippen LogP contribution is -1.94. The first-order chi connectivity index (χ1) is 5.25. The van der Waals surface area contributed by atoms with Gasteiger partial charge in [0.05, 0.1) is 11.1 Å². The molecular weight excluding hydrogens is 274 g/mol. The molecule has 11 heavy (non-hydrogen) atoms. The summed E-state index contributed by atoms with van der Waals surface area (Å²) >= 11 is 6.64. The lowest BCUT2D eigenvalue weighted by Gasteiger charge is -2.05. The summed E-state index contributed by atoms with van der Waals surface area (Å²) in [7, 11) is 0. The van der Waals surface area contributed by atoms with Crippen molar-refractivity contribution in [1.82, 2.24) is 4.98 Å². The van der Waals surface area contributed by atoms with Crippen LogP contribution in [0.5, 0.6) is 5.75 Å². The first-order valence-corrected chi connectivity index (χ1v) is 4.77. The predicted molar refractivity (Wildman–Crippen MR) is 50.8 cm³/mol. The van der Waals surface area contributed by atoms with Gasteiger partial charge in [-0.05, 0) is 44.8 Å². The number of hydrogen-bond donors (Lipinski definition) is 0. The van der Waals surface area contributed by atoms with Crippen molar-refractivity contribution >= 4 is 31.9 Å². The molecule has 0 spiro atoms. The van der Waals surface area contributed by atoms with E-state index in [1.54, 1.807) is 6.20 Å². The maximum absolute atomic E-state index is 5.31. The van der Waals surface area contributed by atoms with Crippen LogP contribution in [-0.4, -0.2) is 11.6 Å². The van der Waals surface area contributed by atoms with Crippen molar-refractivity contribution in [3.8, 4) is 5.75 Å². The normalized spacial score (nSPS) is 9.73. The van der Waals surface area contributed by atoms with Gasteiger partial charge in [0, 0.05) is 6.20 Å². The number of rotatable bonds is 2. The molecular formula is C7H7Br2NO. The van der Waals surface area contributed by atoms with E-state index in [0.29, 0.717) is 6.61 Å². The van der Waals surface area contributed by atoms with E-state index in [1.165, 1.54) is 0 Å². The molecule has 0 atom stereocenters. The van der Waals surface area contributed by atoms with Crippen LogP contribution in [0.3, 0.4) is 0 Å². The standard InChI is InChI=1S/C7H7Br2NO/c1-2-11-6-5(8)3-4-10-7(6)9/h3-4H,2H2,1H3. The third-order valence-corrected chi connectivity index (χ3v) is 2.29. The topological polar surface area (TPSA) is 22.1 Å². The zero-order valence-corrected chi connectivity index (χ0v) is 9.15. The maximum atomic E-state index is 5.31. The van der Waals surface area contributed by atoms with Gasteiger partial charge < -0.3 is 4.74 Å². The van der Waals surface area contributed by atoms with E-state index in [-0.39, 0.29) is 0 Å². The summed E-state index contributed by atoms with van der Waals surface area (Å²) in [6.07, 6.45) is 1.71. The zero-order chi connectivity index (χ0) is 8.27. The van der Waals surface area contributed by atoms with E-state index < -0.39 is 0 Å². The summed E-state index contributed by atoms with van der Waals surface area (Å²) in [5.41, 5.74) is 0. The Labute approximate surface area is 82.2 Å². The van der Waals surface area contributed by atoms with Gasteiger partial charge in [0.15, 0.2) is 5.75 Å². The Morgan fingerprint density at radius 3 is 2.82 bits per heavy atom. The van der Waals surface area contributed by atoms with Crippen molar-refractivity contribution in [3.63, 3.8) is 0 Å². The van der Waals surface area contributed by atoms with Crippen LogP contribution in [0, 0.1) is 0 Å². The minimum absolute atomic E-state index is 0.642. The van der Waals surface area contributed by atoms with E-state index in [2.05, 4.69) is 36.8 Å². The van der Waals surface area contributed by atoms with Crippen molar-refractivity contribution in [2.75, 3.05) is 6.61 Å². The van der Waals surface area contributed by atoms with Gasteiger partial charge in [0.25, 0.3) is 0 Å². The molecule has 1 aromatic heterocycles. The highest BCUT2D eigenvalue weighted by atomic mass is 79.9. The molecule has 4 heteroatoms. The fourth-order valence-electron chi connectivity index (χ4n) is 0.674. The molecule has 0 radical (unpaired) electrons. The number of aromatic nitrogens is 1. The van der Waals surface area contributed by atoms with Crippen LogP contribution < -0.4 is 4.74 Å². The highest BCUT2D eigenvalue weighted by Crippen LogP contribution is 2.30. The van der Waals surface area contributed by atoms with Crippen LogP contribution in [0.25, 0.3) is 0 Å². The molecule has 0 bridgehead atoms. The molecule has 0 amide bonds. The number of nitrogens with zero attached hydrogens (tertiary/aromatic N) is 1. The van der Waals surface area contributed by atoms with Crippen molar-refractivity contribution in [2.45, 2.75) is 6.92 Å². The number of pyridine rings is 1. The second kappa shape index (κ2) is 4.07. The molecule has 60 valence electrons. The third-order valence-electron chi connectivity index (χ3n) is 1.10. The first kappa shape index (κ1) is 9.00. The Morgan fingerprint density at radius 1 is 1.55 bits per heavy atom. The molecule has 0 aliphatic carbocycles. The van der Waals surface area contributed by atoms with Gasteiger partial charge in [0.2, 0.25) is 0 Å². The average Bonchev–Trinajstić information content (AvgIpc) is 1.97. The van der Waals surface area contributed by atoms with Crippen molar-refractivity contribution < 1.29 is 4.74 Å². The number of hydrogen-bond acceptors (Lipinski definition) is 2. The second-order valence-electron chi connectivity index (χ2n) is 1.85. The van der Waals surface area contributed by atoms with Crippen molar-refractivity contribution in [2.24, 2.45) is 0 Å². The predicted octanol–water partition coefficient (Wildman–Crippen LogP) is 3.01. The minimum Gasteiger partial charge on any atom is -0.490 e. The zero-order valence-electron chi connectivity index (χ0n) is 5.97. The van der Waals surface area contributed by atoms with Crippen LogP contribution in [0.2, 0.25) is 0 Å². The van der Waals surface area contributed by atoms with Crippen molar-refractivity contribution in [1.29, 1.82) is 0 Å². The molecule has 1 heterocycles. The molecule has 0 fully saturated rings. The molecule has 0 unspecified atom stereocenters. The van der Waals surface area contributed by atoms with Crippen LogP contribution in [0.4, 0.5) is 0 Å². The van der Waals surface area contributed by atoms with E-state index in [9.17, 15) is 0 Å². The lowest BCUT2D eigenvalue weighted by atomic mass is 10.5. The van der Waals surface area contributed by atoms with Gasteiger partial charge in [-0.1, -0.05) is 0 Å². The summed E-state index contributed by atoms with van der Waals surface area (Å²) in [4.78, 5) is 4.02. The van der Waals surface area contributed by atoms with E-state index in [4.69, 9.17) is 4.74 Å². The molecule has 0 N–H and O–H groups in total. The molecule has 0 saturated heterocycles. The Morgan fingerprint density at radius 2 is 2.27 bits per heavy atom. The van der Waals surface area contributed by atoms with Gasteiger partial charge in [-0.25, -0.2) is 4.98 Å². The van der Waals surface area contributed by atoms with Gasteiger partial charge in [0.1, 0.15) is 4.60 Å². The van der Waals surface area contributed by atoms with E-state index in [1.807, 2.05) is 13.0 Å². The minimum atomic E-state index is 0.642. The number of halogens is 2. The summed E-state index contributed by atoms with van der Waals surface area (Å²) < 4.78 is 6.96.